The summed E-state index contributed by atoms with van der Waals surface area (Å²) in [5, 5.41) is 0. The standard InChI is InChI=1S/C13H18O2/c1-13(2,14-3)5-4-8-6-9-7-10(8)12-11(9)15-12/h8-12H,6-7H2,1-3H3. The van der Waals surface area contributed by atoms with Gasteiger partial charge in [-0.15, -0.1) is 0 Å². The number of hydrogen-bond acceptors (Lipinski definition) is 2. The molecule has 0 aromatic rings. The number of fused-ring (bicyclic) bond motifs is 5. The average Bonchev–Trinajstić information content (AvgIpc) is 2.83. The smallest absolute Gasteiger partial charge is 0.122 e. The number of epoxide rings is 1. The van der Waals surface area contributed by atoms with Crippen LogP contribution in [0.4, 0.5) is 0 Å². The van der Waals surface area contributed by atoms with Gasteiger partial charge in [0, 0.05) is 18.9 Å². The van der Waals surface area contributed by atoms with E-state index in [0.29, 0.717) is 18.1 Å². The Kier molecular flexibility index (Phi) is 1.93. The van der Waals surface area contributed by atoms with Crippen molar-refractivity contribution in [2.45, 2.75) is 44.5 Å². The van der Waals surface area contributed by atoms with E-state index in [0.717, 1.165) is 11.8 Å². The summed E-state index contributed by atoms with van der Waals surface area (Å²) in [6, 6.07) is 0. The maximum atomic E-state index is 5.63. The number of methoxy groups -OCH3 is 1. The summed E-state index contributed by atoms with van der Waals surface area (Å²) in [5.74, 6) is 8.75. The maximum Gasteiger partial charge on any atom is 0.122 e. The minimum atomic E-state index is -0.300. The zero-order valence-electron chi connectivity index (χ0n) is 9.62. The van der Waals surface area contributed by atoms with E-state index in [-0.39, 0.29) is 5.60 Å². The van der Waals surface area contributed by atoms with Gasteiger partial charge in [-0.1, -0.05) is 11.8 Å². The first-order chi connectivity index (χ1) is 7.11. The van der Waals surface area contributed by atoms with E-state index in [1.54, 1.807) is 7.11 Å². The van der Waals surface area contributed by atoms with Crippen LogP contribution in [0.1, 0.15) is 26.7 Å². The second kappa shape index (κ2) is 2.99. The van der Waals surface area contributed by atoms with Crippen LogP contribution in [0.25, 0.3) is 0 Å². The van der Waals surface area contributed by atoms with Crippen LogP contribution in [0.2, 0.25) is 0 Å². The minimum absolute atomic E-state index is 0.300. The van der Waals surface area contributed by atoms with Crippen LogP contribution in [-0.2, 0) is 9.47 Å². The van der Waals surface area contributed by atoms with Gasteiger partial charge >= 0.3 is 0 Å². The van der Waals surface area contributed by atoms with Gasteiger partial charge < -0.3 is 9.47 Å². The van der Waals surface area contributed by atoms with Crippen molar-refractivity contribution in [2.75, 3.05) is 7.11 Å². The minimum Gasteiger partial charge on any atom is -0.369 e. The SMILES string of the molecule is COC(C)(C)C#CC1CC2CC1C1OC21. The molecular weight excluding hydrogens is 188 g/mol. The van der Waals surface area contributed by atoms with Gasteiger partial charge in [-0.2, -0.15) is 0 Å². The van der Waals surface area contributed by atoms with Crippen LogP contribution < -0.4 is 0 Å². The molecule has 0 N–H and O–H groups in total. The molecule has 2 heteroatoms. The topological polar surface area (TPSA) is 21.8 Å². The van der Waals surface area contributed by atoms with Gasteiger partial charge in [0.1, 0.15) is 5.60 Å². The Morgan fingerprint density at radius 2 is 2.07 bits per heavy atom. The van der Waals surface area contributed by atoms with E-state index < -0.39 is 0 Å². The van der Waals surface area contributed by atoms with Crippen molar-refractivity contribution in [2.24, 2.45) is 17.8 Å². The van der Waals surface area contributed by atoms with Crippen molar-refractivity contribution in [3.05, 3.63) is 0 Å². The van der Waals surface area contributed by atoms with Crippen molar-refractivity contribution >= 4 is 0 Å². The molecule has 1 heterocycles. The monoisotopic (exact) mass is 206 g/mol. The van der Waals surface area contributed by atoms with Gasteiger partial charge in [0.2, 0.25) is 0 Å². The van der Waals surface area contributed by atoms with Crippen molar-refractivity contribution in [3.8, 4) is 11.8 Å². The second-order valence-electron chi connectivity index (χ2n) is 5.55. The lowest BCUT2D eigenvalue weighted by Gasteiger charge is -2.17. The summed E-state index contributed by atoms with van der Waals surface area (Å²) < 4.78 is 10.9. The van der Waals surface area contributed by atoms with Crippen molar-refractivity contribution in [3.63, 3.8) is 0 Å². The molecule has 0 amide bonds. The first-order valence-electron chi connectivity index (χ1n) is 5.84. The molecule has 2 nitrogen and oxygen atoms in total. The van der Waals surface area contributed by atoms with Crippen LogP contribution in [-0.4, -0.2) is 24.9 Å². The van der Waals surface area contributed by atoms with E-state index in [9.17, 15) is 0 Å². The summed E-state index contributed by atoms with van der Waals surface area (Å²) in [5.41, 5.74) is -0.300. The van der Waals surface area contributed by atoms with Gasteiger partial charge in [-0.05, 0) is 32.6 Å². The van der Waals surface area contributed by atoms with Gasteiger partial charge in [-0.3, -0.25) is 0 Å². The molecule has 3 rings (SSSR count). The normalized spacial score (nSPS) is 45.9. The lowest BCUT2D eigenvalue weighted by atomic mass is 9.89. The average molecular weight is 206 g/mol. The molecule has 5 atom stereocenters. The first kappa shape index (κ1) is 9.69. The molecule has 3 fully saturated rings. The Balaban J connectivity index is 1.70. The molecule has 5 unspecified atom stereocenters. The van der Waals surface area contributed by atoms with Crippen molar-refractivity contribution in [1.29, 1.82) is 0 Å². The van der Waals surface area contributed by atoms with Crippen LogP contribution in [0.15, 0.2) is 0 Å². The summed E-state index contributed by atoms with van der Waals surface area (Å²) >= 11 is 0. The summed E-state index contributed by atoms with van der Waals surface area (Å²) in [7, 11) is 1.72. The van der Waals surface area contributed by atoms with Crippen LogP contribution in [0.3, 0.4) is 0 Å². The molecular formula is C13H18O2. The molecule has 3 aliphatic rings. The third-order valence-corrected chi connectivity index (χ3v) is 4.17. The Bertz CT molecular complexity index is 336. The van der Waals surface area contributed by atoms with Crippen LogP contribution in [0, 0.1) is 29.6 Å². The van der Waals surface area contributed by atoms with Gasteiger partial charge in [0.25, 0.3) is 0 Å². The number of ether oxygens (including phenoxy) is 2. The molecule has 2 aliphatic carbocycles. The predicted octanol–water partition coefficient (Wildman–Crippen LogP) is 1.84. The van der Waals surface area contributed by atoms with Gasteiger partial charge in [0.15, 0.2) is 0 Å². The molecule has 2 bridgehead atoms. The number of rotatable bonds is 1. The highest BCUT2D eigenvalue weighted by atomic mass is 16.6. The first-order valence-corrected chi connectivity index (χ1v) is 5.84. The Morgan fingerprint density at radius 1 is 1.27 bits per heavy atom. The van der Waals surface area contributed by atoms with Gasteiger partial charge in [0.05, 0.1) is 12.2 Å². The largest absolute Gasteiger partial charge is 0.369 e. The lowest BCUT2D eigenvalue weighted by molar-refractivity contribution is 0.0739. The maximum absolute atomic E-state index is 5.63. The molecule has 1 aliphatic heterocycles. The van der Waals surface area contributed by atoms with Crippen LogP contribution >= 0.6 is 0 Å². The van der Waals surface area contributed by atoms with E-state index in [4.69, 9.17) is 9.47 Å². The molecule has 2 saturated carbocycles. The highest BCUT2D eigenvalue weighted by Crippen LogP contribution is 2.58. The lowest BCUT2D eigenvalue weighted by Crippen LogP contribution is -2.21. The molecule has 1 saturated heterocycles. The Labute approximate surface area is 91.3 Å². The fraction of sp³-hybridized carbons (Fsp3) is 0.846. The summed E-state index contributed by atoms with van der Waals surface area (Å²) in [4.78, 5) is 0. The van der Waals surface area contributed by atoms with E-state index >= 15 is 0 Å². The second-order valence-corrected chi connectivity index (χ2v) is 5.55. The summed E-state index contributed by atoms with van der Waals surface area (Å²) in [6.07, 6.45) is 3.78. The highest BCUT2D eigenvalue weighted by Gasteiger charge is 2.62. The molecule has 82 valence electrons. The molecule has 0 aromatic carbocycles. The summed E-state index contributed by atoms with van der Waals surface area (Å²) in [6.45, 7) is 4.03. The van der Waals surface area contributed by atoms with Gasteiger partial charge in [-0.25, -0.2) is 0 Å². The fourth-order valence-corrected chi connectivity index (χ4v) is 3.09. The van der Waals surface area contributed by atoms with E-state index in [1.165, 1.54) is 12.8 Å². The van der Waals surface area contributed by atoms with Crippen LogP contribution in [0.5, 0.6) is 0 Å². The van der Waals surface area contributed by atoms with Crippen molar-refractivity contribution < 1.29 is 9.47 Å². The third kappa shape index (κ3) is 1.49. The quantitative estimate of drug-likeness (QED) is 0.482. The highest BCUT2D eigenvalue weighted by molar-refractivity contribution is 5.21. The molecule has 0 aromatic heterocycles. The van der Waals surface area contributed by atoms with Crippen molar-refractivity contribution in [1.82, 2.24) is 0 Å². The molecule has 15 heavy (non-hydrogen) atoms. The zero-order chi connectivity index (χ0) is 10.6. The van der Waals surface area contributed by atoms with E-state index in [1.807, 2.05) is 13.8 Å². The Hall–Kier alpha value is -0.520. The fourth-order valence-electron chi connectivity index (χ4n) is 3.09. The Morgan fingerprint density at radius 3 is 2.67 bits per heavy atom. The number of hydrogen-bond donors (Lipinski definition) is 0. The predicted molar refractivity (Wildman–Crippen MR) is 57.2 cm³/mol. The van der Waals surface area contributed by atoms with E-state index in [2.05, 4.69) is 11.8 Å². The zero-order valence-corrected chi connectivity index (χ0v) is 9.62. The molecule has 0 spiro atoms. The molecule has 0 radical (unpaired) electrons. The third-order valence-electron chi connectivity index (χ3n) is 4.17.